The molecule has 164 valence electrons. The Morgan fingerprint density at radius 2 is 1.90 bits per heavy atom. The largest absolute Gasteiger partial charge is 0.480 e. The van der Waals surface area contributed by atoms with Crippen molar-refractivity contribution in [3.63, 3.8) is 0 Å². The van der Waals surface area contributed by atoms with E-state index in [4.69, 9.17) is 5.73 Å². The quantitative estimate of drug-likeness (QED) is 0.332. The predicted octanol–water partition coefficient (Wildman–Crippen LogP) is -0.449. The van der Waals surface area contributed by atoms with Crippen LogP contribution in [0, 0.1) is 0 Å². The average molecular weight is 437 g/mol. The third kappa shape index (κ3) is 6.20. The van der Waals surface area contributed by atoms with Gasteiger partial charge in [0.25, 0.3) is 0 Å². The number of aliphatic carboxylic acids is 1. The van der Waals surface area contributed by atoms with Crippen LogP contribution in [0.25, 0.3) is 0 Å². The van der Waals surface area contributed by atoms with Crippen molar-refractivity contribution in [2.75, 3.05) is 12.3 Å². The van der Waals surface area contributed by atoms with Gasteiger partial charge in [0.05, 0.1) is 6.04 Å². The number of nitrogens with one attached hydrogen (secondary N) is 2. The number of amides is 3. The van der Waals surface area contributed by atoms with Crippen LogP contribution in [0.4, 0.5) is 0 Å². The predicted molar refractivity (Wildman–Crippen MR) is 114 cm³/mol. The molecular formula is C20H28N4O5S. The monoisotopic (exact) mass is 436 g/mol. The second-order valence-electron chi connectivity index (χ2n) is 7.30. The van der Waals surface area contributed by atoms with Gasteiger partial charge in [0.2, 0.25) is 17.7 Å². The Morgan fingerprint density at radius 3 is 2.50 bits per heavy atom. The summed E-state index contributed by atoms with van der Waals surface area (Å²) in [6, 6.07) is 5.39. The van der Waals surface area contributed by atoms with Gasteiger partial charge in [-0.15, -0.1) is 0 Å². The maximum atomic E-state index is 12.8. The van der Waals surface area contributed by atoms with Crippen LogP contribution < -0.4 is 16.4 Å². The van der Waals surface area contributed by atoms with Gasteiger partial charge in [0.15, 0.2) is 0 Å². The topological polar surface area (TPSA) is 142 Å². The van der Waals surface area contributed by atoms with Crippen LogP contribution in [0.1, 0.15) is 25.3 Å². The minimum absolute atomic E-state index is 0.136. The van der Waals surface area contributed by atoms with E-state index >= 15 is 0 Å². The molecule has 4 unspecified atom stereocenters. The fourth-order valence-electron chi connectivity index (χ4n) is 3.33. The first-order valence-corrected chi connectivity index (χ1v) is 10.4. The highest BCUT2D eigenvalue weighted by molar-refractivity contribution is 7.80. The van der Waals surface area contributed by atoms with Crippen molar-refractivity contribution in [2.45, 2.75) is 50.4 Å². The van der Waals surface area contributed by atoms with Gasteiger partial charge in [-0.3, -0.25) is 14.4 Å². The number of likely N-dealkylation sites (tertiary alicyclic amines) is 1. The Morgan fingerprint density at radius 1 is 1.23 bits per heavy atom. The molecule has 0 aromatic heterocycles. The van der Waals surface area contributed by atoms with E-state index in [1.54, 1.807) is 24.3 Å². The lowest BCUT2D eigenvalue weighted by molar-refractivity contribution is -0.144. The zero-order chi connectivity index (χ0) is 22.3. The lowest BCUT2D eigenvalue weighted by Crippen LogP contribution is -2.56. The van der Waals surface area contributed by atoms with Gasteiger partial charge in [-0.05, 0) is 25.3 Å². The molecule has 10 heteroatoms. The van der Waals surface area contributed by atoms with Crippen molar-refractivity contribution < 1.29 is 24.3 Å². The molecule has 3 amide bonds. The summed E-state index contributed by atoms with van der Waals surface area (Å²) in [7, 11) is 0. The fourth-order valence-corrected chi connectivity index (χ4v) is 3.50. The second-order valence-corrected chi connectivity index (χ2v) is 7.66. The molecule has 0 aliphatic carbocycles. The molecule has 0 radical (unpaired) electrons. The molecule has 0 spiro atoms. The summed E-state index contributed by atoms with van der Waals surface area (Å²) in [5, 5.41) is 14.6. The Labute approximate surface area is 180 Å². The molecule has 30 heavy (non-hydrogen) atoms. The molecule has 1 aliphatic rings. The number of benzene rings is 1. The molecule has 1 aromatic rings. The first-order chi connectivity index (χ1) is 14.2. The van der Waals surface area contributed by atoms with Crippen molar-refractivity contribution in [1.82, 2.24) is 15.5 Å². The number of hydrogen-bond donors (Lipinski definition) is 5. The fraction of sp³-hybridized carbons (Fsp3) is 0.500. The second kappa shape index (κ2) is 11.0. The molecule has 9 nitrogen and oxygen atoms in total. The number of carbonyl (C=O) groups excluding carboxylic acids is 3. The minimum atomic E-state index is -1.15. The first-order valence-electron chi connectivity index (χ1n) is 9.79. The molecule has 1 heterocycles. The highest BCUT2D eigenvalue weighted by atomic mass is 32.1. The lowest BCUT2D eigenvalue weighted by atomic mass is 10.1. The number of hydrogen-bond acceptors (Lipinski definition) is 6. The van der Waals surface area contributed by atoms with E-state index in [1.165, 1.54) is 11.8 Å². The van der Waals surface area contributed by atoms with E-state index in [-0.39, 0.29) is 12.2 Å². The highest BCUT2D eigenvalue weighted by Crippen LogP contribution is 2.19. The van der Waals surface area contributed by atoms with Gasteiger partial charge in [0, 0.05) is 18.7 Å². The normalized spacial score (nSPS) is 18.9. The minimum Gasteiger partial charge on any atom is -0.480 e. The van der Waals surface area contributed by atoms with E-state index in [0.717, 1.165) is 5.56 Å². The number of carboxylic acid groups (broad SMARTS) is 1. The van der Waals surface area contributed by atoms with Crippen LogP contribution in [-0.4, -0.2) is 70.2 Å². The Hall–Kier alpha value is -2.59. The molecule has 1 aliphatic heterocycles. The Bertz CT molecular complexity index is 776. The molecule has 5 N–H and O–H groups in total. The Kier molecular flexibility index (Phi) is 8.67. The summed E-state index contributed by atoms with van der Waals surface area (Å²) in [5.41, 5.74) is 6.39. The summed E-state index contributed by atoms with van der Waals surface area (Å²) < 4.78 is 0. The van der Waals surface area contributed by atoms with Gasteiger partial charge in [-0.1, -0.05) is 30.3 Å². The summed E-state index contributed by atoms with van der Waals surface area (Å²) in [6.07, 6.45) is 1.17. The van der Waals surface area contributed by atoms with E-state index < -0.39 is 47.9 Å². The van der Waals surface area contributed by atoms with Crippen LogP contribution >= 0.6 is 12.6 Å². The first kappa shape index (κ1) is 23.7. The summed E-state index contributed by atoms with van der Waals surface area (Å²) in [5.74, 6) is -2.44. The number of nitrogens with two attached hydrogens (primary N) is 1. The molecule has 4 atom stereocenters. The number of thiol groups is 1. The van der Waals surface area contributed by atoms with E-state index in [9.17, 15) is 24.3 Å². The maximum absolute atomic E-state index is 12.8. The number of nitrogens with zero attached hydrogens (tertiary/aromatic N) is 1. The molecule has 1 aromatic carbocycles. The molecular weight excluding hydrogens is 408 g/mol. The molecule has 0 bridgehead atoms. The molecule has 0 saturated carbocycles. The smallest absolute Gasteiger partial charge is 0.326 e. The van der Waals surface area contributed by atoms with Crippen molar-refractivity contribution in [3.05, 3.63) is 35.9 Å². The van der Waals surface area contributed by atoms with Gasteiger partial charge in [-0.2, -0.15) is 12.6 Å². The molecule has 1 saturated heterocycles. The number of carboxylic acids is 1. The van der Waals surface area contributed by atoms with Gasteiger partial charge in [-0.25, -0.2) is 4.79 Å². The summed E-state index contributed by atoms with van der Waals surface area (Å²) >= 11 is 3.96. The lowest BCUT2D eigenvalue weighted by Gasteiger charge is -2.28. The van der Waals surface area contributed by atoms with Crippen LogP contribution in [0.3, 0.4) is 0 Å². The van der Waals surface area contributed by atoms with Crippen molar-refractivity contribution in [1.29, 1.82) is 0 Å². The zero-order valence-corrected chi connectivity index (χ0v) is 17.7. The van der Waals surface area contributed by atoms with Crippen LogP contribution in [0.5, 0.6) is 0 Å². The standard InChI is InChI=1S/C20H28N4O5S/c1-12(22-17(25)14(21)11-30)19(27)24-9-5-8-16(24)18(26)23-15(20(28)29)10-13-6-3-2-4-7-13/h2-4,6-7,12,14-16,30H,5,8-11,21H2,1H3,(H,22,25)(H,23,26)(H,28,29). The van der Waals surface area contributed by atoms with E-state index in [2.05, 4.69) is 23.3 Å². The van der Waals surface area contributed by atoms with E-state index in [1.807, 2.05) is 6.07 Å². The van der Waals surface area contributed by atoms with Crippen LogP contribution in [0.15, 0.2) is 30.3 Å². The SMILES string of the molecule is CC(NC(=O)C(N)CS)C(=O)N1CCCC1C(=O)NC(Cc1ccccc1)C(=O)O. The van der Waals surface area contributed by atoms with E-state index in [0.29, 0.717) is 19.4 Å². The van der Waals surface area contributed by atoms with Crippen molar-refractivity contribution in [2.24, 2.45) is 5.73 Å². The Balaban J connectivity index is 2.02. The molecule has 2 rings (SSSR count). The van der Waals surface area contributed by atoms with Gasteiger partial charge >= 0.3 is 5.97 Å². The van der Waals surface area contributed by atoms with Gasteiger partial charge in [0.1, 0.15) is 18.1 Å². The summed E-state index contributed by atoms with van der Waals surface area (Å²) in [4.78, 5) is 50.5. The van der Waals surface area contributed by atoms with Gasteiger partial charge < -0.3 is 26.4 Å². The molecule has 1 fully saturated rings. The zero-order valence-electron chi connectivity index (χ0n) is 16.8. The average Bonchev–Trinajstić information content (AvgIpc) is 3.22. The highest BCUT2D eigenvalue weighted by Gasteiger charge is 2.37. The van der Waals surface area contributed by atoms with Crippen molar-refractivity contribution in [3.8, 4) is 0 Å². The third-order valence-electron chi connectivity index (χ3n) is 5.00. The number of carbonyl (C=O) groups is 4. The van der Waals surface area contributed by atoms with Crippen molar-refractivity contribution >= 4 is 36.3 Å². The number of rotatable bonds is 9. The maximum Gasteiger partial charge on any atom is 0.326 e. The van der Waals surface area contributed by atoms with Crippen LogP contribution in [0.2, 0.25) is 0 Å². The third-order valence-corrected chi connectivity index (χ3v) is 5.39. The summed E-state index contributed by atoms with van der Waals surface area (Å²) in [6.45, 7) is 1.88. The van der Waals surface area contributed by atoms with Crippen LogP contribution in [-0.2, 0) is 25.6 Å².